The van der Waals surface area contributed by atoms with Gasteiger partial charge in [-0.25, -0.2) is 19.0 Å². The van der Waals surface area contributed by atoms with Crippen molar-refractivity contribution in [3.8, 4) is 5.75 Å². The number of esters is 1. The van der Waals surface area contributed by atoms with Crippen molar-refractivity contribution in [1.29, 1.82) is 0 Å². The summed E-state index contributed by atoms with van der Waals surface area (Å²) in [6.45, 7) is 3.03. The zero-order valence-corrected chi connectivity index (χ0v) is 21.6. The average molecular weight is 575 g/mol. The van der Waals surface area contributed by atoms with Gasteiger partial charge < -0.3 is 14.6 Å². The lowest BCUT2D eigenvalue weighted by Gasteiger charge is -2.24. The third-order valence-electron chi connectivity index (χ3n) is 5.31. The van der Waals surface area contributed by atoms with Crippen LogP contribution >= 0.6 is 27.3 Å². The number of allylic oxidation sites excluding steroid dienone is 1. The van der Waals surface area contributed by atoms with E-state index in [0.29, 0.717) is 36.4 Å². The van der Waals surface area contributed by atoms with Crippen molar-refractivity contribution in [2.75, 3.05) is 13.2 Å². The molecule has 1 aliphatic rings. The Morgan fingerprint density at radius 3 is 2.61 bits per heavy atom. The highest BCUT2D eigenvalue weighted by atomic mass is 79.9. The molecule has 0 aliphatic carbocycles. The lowest BCUT2D eigenvalue weighted by Crippen LogP contribution is -2.39. The molecule has 0 saturated carbocycles. The van der Waals surface area contributed by atoms with Crippen LogP contribution in [0.4, 0.5) is 4.39 Å². The molecule has 1 atom stereocenters. The van der Waals surface area contributed by atoms with Crippen molar-refractivity contribution in [2.45, 2.75) is 19.9 Å². The predicted molar refractivity (Wildman–Crippen MR) is 134 cm³/mol. The number of benzene rings is 2. The summed E-state index contributed by atoms with van der Waals surface area (Å²) in [5.74, 6) is -1.78. The largest absolute Gasteiger partial charge is 0.481 e. The molecule has 2 aromatic carbocycles. The van der Waals surface area contributed by atoms with Crippen LogP contribution in [-0.2, 0) is 14.3 Å². The van der Waals surface area contributed by atoms with Gasteiger partial charge in [0.15, 0.2) is 11.4 Å². The van der Waals surface area contributed by atoms with Gasteiger partial charge >= 0.3 is 11.9 Å². The van der Waals surface area contributed by atoms with Crippen LogP contribution in [0.5, 0.6) is 5.75 Å². The molecule has 3 aromatic rings. The Labute approximate surface area is 216 Å². The fourth-order valence-electron chi connectivity index (χ4n) is 3.77. The molecular weight excluding hydrogens is 555 g/mol. The second-order valence-electron chi connectivity index (χ2n) is 7.73. The van der Waals surface area contributed by atoms with Crippen LogP contribution in [0.2, 0.25) is 0 Å². The first-order valence-electron chi connectivity index (χ1n) is 10.8. The van der Waals surface area contributed by atoms with Crippen LogP contribution in [0.3, 0.4) is 0 Å². The molecule has 0 amide bonds. The third-order valence-corrected chi connectivity index (χ3v) is 6.91. The van der Waals surface area contributed by atoms with Crippen LogP contribution in [0.25, 0.3) is 6.08 Å². The van der Waals surface area contributed by atoms with E-state index >= 15 is 0 Å². The highest BCUT2D eigenvalue weighted by Gasteiger charge is 2.33. The number of nitrogens with zero attached hydrogens (tertiary/aromatic N) is 2. The number of aliphatic carboxylic acids is 1. The first-order valence-corrected chi connectivity index (χ1v) is 12.4. The summed E-state index contributed by atoms with van der Waals surface area (Å²) in [6, 6.07) is 9.75. The number of carboxylic acids is 1. The van der Waals surface area contributed by atoms with Crippen molar-refractivity contribution in [3.63, 3.8) is 0 Å². The van der Waals surface area contributed by atoms with E-state index in [0.717, 1.165) is 11.3 Å². The second kappa shape index (κ2) is 10.6. The van der Waals surface area contributed by atoms with Gasteiger partial charge in [0.1, 0.15) is 11.6 Å². The van der Waals surface area contributed by atoms with E-state index in [9.17, 15) is 18.8 Å². The molecule has 1 N–H and O–H groups in total. The van der Waals surface area contributed by atoms with Gasteiger partial charge in [0.05, 0.1) is 32.9 Å². The Bertz CT molecular complexity index is 1560. The average Bonchev–Trinajstić information content (AvgIpc) is 3.12. The van der Waals surface area contributed by atoms with E-state index in [1.807, 2.05) is 0 Å². The summed E-state index contributed by atoms with van der Waals surface area (Å²) in [5.41, 5.74) is 1.46. The molecule has 0 fully saturated rings. The number of aromatic nitrogens is 1. The first kappa shape index (κ1) is 25.5. The topological polar surface area (TPSA) is 107 Å². The maximum Gasteiger partial charge on any atom is 0.341 e. The molecule has 8 nitrogen and oxygen atoms in total. The van der Waals surface area contributed by atoms with Crippen LogP contribution < -0.4 is 19.6 Å². The van der Waals surface area contributed by atoms with Crippen LogP contribution in [0.15, 0.2) is 68.0 Å². The van der Waals surface area contributed by atoms with E-state index in [-0.39, 0.29) is 17.7 Å². The van der Waals surface area contributed by atoms with E-state index in [4.69, 9.17) is 14.6 Å². The third kappa shape index (κ3) is 5.17. The van der Waals surface area contributed by atoms with Gasteiger partial charge in [-0.05, 0) is 71.2 Å². The molecule has 0 radical (unpaired) electrons. The molecule has 1 aliphatic heterocycles. The lowest BCUT2D eigenvalue weighted by molar-refractivity contribution is -0.140. The van der Waals surface area contributed by atoms with Crippen molar-refractivity contribution >= 4 is 45.3 Å². The standard InChI is InChI=1S/C25H20BrFN2O6S/c1-3-34-24(33)21-13(2)28-25-29(22(21)15-5-7-16(27)8-6-15)23(32)19(36-25)11-14-4-9-18(17(26)10-14)35-12-20(30)31/h4-11,22H,3,12H2,1-2H3,(H,30,31)/b19-11+/t22-/m0/s1. The number of carboxylic acid groups (broad SMARTS) is 1. The zero-order chi connectivity index (χ0) is 26.0. The molecule has 4 rings (SSSR count). The van der Waals surface area contributed by atoms with Gasteiger partial charge in [-0.1, -0.05) is 29.5 Å². The number of rotatable bonds is 7. The number of carbonyl (C=O) groups is 2. The molecule has 36 heavy (non-hydrogen) atoms. The number of thiazole rings is 1. The molecule has 0 spiro atoms. The molecule has 0 bridgehead atoms. The van der Waals surface area contributed by atoms with Crippen molar-refractivity contribution < 1.29 is 28.6 Å². The number of hydrogen-bond acceptors (Lipinski definition) is 7. The van der Waals surface area contributed by atoms with E-state index in [1.165, 1.54) is 28.8 Å². The SMILES string of the molecule is CCOC(=O)C1=C(C)N=c2s/c(=C/c3ccc(OCC(=O)O)c(Br)c3)c(=O)n2[C@H]1c1ccc(F)cc1. The fourth-order valence-corrected chi connectivity index (χ4v) is 5.32. The Morgan fingerprint density at radius 2 is 1.97 bits per heavy atom. The maximum atomic E-state index is 13.6. The Hall–Kier alpha value is -3.57. The summed E-state index contributed by atoms with van der Waals surface area (Å²) < 4.78 is 26.4. The summed E-state index contributed by atoms with van der Waals surface area (Å²) in [6.07, 6.45) is 1.67. The summed E-state index contributed by atoms with van der Waals surface area (Å²) in [5, 5.41) is 8.80. The minimum absolute atomic E-state index is 0.150. The van der Waals surface area contributed by atoms with Gasteiger partial charge in [-0.2, -0.15) is 0 Å². The number of hydrogen-bond donors (Lipinski definition) is 1. The highest BCUT2D eigenvalue weighted by molar-refractivity contribution is 9.10. The number of halogens is 2. The minimum Gasteiger partial charge on any atom is -0.481 e. The molecule has 0 saturated heterocycles. The lowest BCUT2D eigenvalue weighted by atomic mass is 9.96. The van der Waals surface area contributed by atoms with Crippen molar-refractivity contribution in [2.24, 2.45) is 4.99 Å². The fraction of sp³-hybridized carbons (Fsp3) is 0.200. The Balaban J connectivity index is 1.83. The predicted octanol–water partition coefficient (Wildman–Crippen LogP) is 3.16. The van der Waals surface area contributed by atoms with Gasteiger partial charge in [0, 0.05) is 0 Å². The Kier molecular flexibility index (Phi) is 7.51. The smallest absolute Gasteiger partial charge is 0.341 e. The quantitative estimate of drug-likeness (QED) is 0.434. The van der Waals surface area contributed by atoms with E-state index < -0.39 is 30.4 Å². The number of fused-ring (bicyclic) bond motifs is 1. The zero-order valence-electron chi connectivity index (χ0n) is 19.2. The maximum absolute atomic E-state index is 13.6. The Morgan fingerprint density at radius 1 is 1.25 bits per heavy atom. The van der Waals surface area contributed by atoms with E-state index in [1.54, 1.807) is 38.1 Å². The summed E-state index contributed by atoms with van der Waals surface area (Å²) >= 11 is 4.51. The molecule has 186 valence electrons. The number of ether oxygens (including phenoxy) is 2. The monoisotopic (exact) mass is 574 g/mol. The number of carbonyl (C=O) groups excluding carboxylic acids is 1. The van der Waals surface area contributed by atoms with Gasteiger partial charge in [-0.3, -0.25) is 9.36 Å². The molecular formula is C25H20BrFN2O6S. The summed E-state index contributed by atoms with van der Waals surface area (Å²) in [4.78, 5) is 42.1. The molecule has 2 heterocycles. The van der Waals surface area contributed by atoms with Crippen molar-refractivity contribution in [1.82, 2.24) is 4.57 Å². The second-order valence-corrected chi connectivity index (χ2v) is 9.59. The normalized spacial score (nSPS) is 15.3. The van der Waals surface area contributed by atoms with E-state index in [2.05, 4.69) is 20.9 Å². The summed E-state index contributed by atoms with van der Waals surface area (Å²) in [7, 11) is 0. The van der Waals surface area contributed by atoms with Crippen LogP contribution in [-0.4, -0.2) is 34.8 Å². The molecule has 1 aromatic heterocycles. The van der Waals surface area contributed by atoms with Gasteiger partial charge in [-0.15, -0.1) is 0 Å². The van der Waals surface area contributed by atoms with Gasteiger partial charge in [0.2, 0.25) is 0 Å². The molecule has 11 heteroatoms. The van der Waals surface area contributed by atoms with Crippen molar-refractivity contribution in [3.05, 3.63) is 94.8 Å². The molecule has 0 unspecified atom stereocenters. The van der Waals surface area contributed by atoms with Crippen LogP contribution in [0.1, 0.15) is 31.0 Å². The highest BCUT2D eigenvalue weighted by Crippen LogP contribution is 2.31. The van der Waals surface area contributed by atoms with Crippen LogP contribution in [0, 0.1) is 5.82 Å². The minimum atomic E-state index is -1.10. The first-order chi connectivity index (χ1) is 17.2. The van der Waals surface area contributed by atoms with Gasteiger partial charge in [0.25, 0.3) is 5.56 Å².